The maximum Gasteiger partial charge on any atom is 0.348 e. The molecular formula is C9H15BIO6P. The molecule has 0 aromatic heterocycles. The van der Waals surface area contributed by atoms with Crippen LogP contribution in [0, 0.1) is 0 Å². The molecule has 0 saturated heterocycles. The second-order valence-electron chi connectivity index (χ2n) is 4.07. The topological polar surface area (TPSA) is 96.2 Å². The molecule has 102 valence electrons. The number of ether oxygens (including phenoxy) is 1. The summed E-state index contributed by atoms with van der Waals surface area (Å²) in [6, 6.07) is -0.485. The van der Waals surface area contributed by atoms with E-state index in [4.69, 9.17) is 17.6 Å². The molecule has 0 radical (unpaired) electrons. The molecule has 0 aromatic rings. The summed E-state index contributed by atoms with van der Waals surface area (Å²) in [6.07, 6.45) is 2.40. The van der Waals surface area contributed by atoms with Gasteiger partial charge in [0, 0.05) is 5.82 Å². The van der Waals surface area contributed by atoms with Crippen LogP contribution in [-0.2, 0) is 12.4 Å². The van der Waals surface area contributed by atoms with Gasteiger partial charge in [0.2, 0.25) is 0 Å². The summed E-state index contributed by atoms with van der Waals surface area (Å²) < 4.78 is 21.7. The van der Waals surface area contributed by atoms with Gasteiger partial charge in [-0.05, 0) is 18.6 Å². The Hall–Kier alpha value is 0.145. The Morgan fingerprint density at radius 1 is 1.72 bits per heavy atom. The maximum absolute atomic E-state index is 10.9. The Kier molecular flexibility index (Phi) is 5.46. The van der Waals surface area contributed by atoms with Gasteiger partial charge in [0.25, 0.3) is 0 Å². The minimum atomic E-state index is -4.27. The van der Waals surface area contributed by atoms with Crippen LogP contribution in [0.3, 0.4) is 0 Å². The van der Waals surface area contributed by atoms with Gasteiger partial charge < -0.3 is 22.7 Å². The fourth-order valence-electron chi connectivity index (χ4n) is 1.70. The van der Waals surface area contributed by atoms with E-state index in [2.05, 4.69) is 0 Å². The predicted octanol–water partition coefficient (Wildman–Crippen LogP) is 0.427. The van der Waals surface area contributed by atoms with Crippen LogP contribution in [0.2, 0.25) is 0 Å². The van der Waals surface area contributed by atoms with Crippen molar-refractivity contribution in [1.29, 1.82) is 0 Å². The molecule has 18 heavy (non-hydrogen) atoms. The molecule has 0 spiro atoms. The zero-order valence-electron chi connectivity index (χ0n) is 9.99. The van der Waals surface area contributed by atoms with Gasteiger partial charge in [0.15, 0.2) is 23.0 Å². The summed E-state index contributed by atoms with van der Waals surface area (Å²) in [5.74, 6) is 1.13. The quantitative estimate of drug-likeness (QED) is 0.368. The van der Waals surface area contributed by atoms with Gasteiger partial charge in [-0.1, -0.05) is 6.92 Å². The molecule has 3 atom stereocenters. The molecule has 0 aromatic carbocycles. The van der Waals surface area contributed by atoms with E-state index < -0.39 is 25.3 Å². The minimum absolute atomic E-state index is 0.334. The Morgan fingerprint density at radius 2 is 2.33 bits per heavy atom. The van der Waals surface area contributed by atoms with Crippen LogP contribution in [0.1, 0.15) is 13.3 Å². The second-order valence-corrected chi connectivity index (χ2v) is 5.99. The van der Waals surface area contributed by atoms with Crippen molar-refractivity contribution in [3.05, 3.63) is 23.7 Å². The molecule has 3 N–H and O–H groups in total. The summed E-state index contributed by atoms with van der Waals surface area (Å²) in [4.78, 5) is 17.8. The Morgan fingerprint density at radius 3 is 2.78 bits per heavy atom. The molecule has 1 rings (SSSR count). The third-order valence-electron chi connectivity index (χ3n) is 2.76. The summed E-state index contributed by atoms with van der Waals surface area (Å²) >= 11 is 1.65. The van der Waals surface area contributed by atoms with Crippen LogP contribution >= 0.6 is 30.6 Å². The Balaban J connectivity index is 3.16. The lowest BCUT2D eigenvalue weighted by atomic mass is 9.85. The van der Waals surface area contributed by atoms with Crippen LogP contribution in [0.25, 0.3) is 0 Å². The van der Waals surface area contributed by atoms with E-state index in [0.717, 1.165) is 5.82 Å². The average Bonchev–Trinajstić information content (AvgIpc) is 2.29. The highest BCUT2D eigenvalue weighted by Crippen LogP contribution is 2.41. The highest BCUT2D eigenvalue weighted by atomic mass is 127. The first kappa shape index (κ1) is 16.2. The zero-order chi connectivity index (χ0) is 14.0. The number of aliphatic hydroxyl groups is 1. The first-order valence-corrected chi connectivity index (χ1v) is 7.92. The van der Waals surface area contributed by atoms with Gasteiger partial charge in [0.05, 0.1) is 12.1 Å². The van der Waals surface area contributed by atoms with Crippen molar-refractivity contribution in [3.63, 3.8) is 0 Å². The fourth-order valence-corrected chi connectivity index (χ4v) is 2.65. The van der Waals surface area contributed by atoms with Crippen LogP contribution in [-0.4, -0.2) is 40.4 Å². The number of rotatable bonds is 4. The van der Waals surface area contributed by atoms with Crippen LogP contribution in [0.4, 0.5) is 0 Å². The molecule has 1 unspecified atom stereocenters. The third-order valence-corrected chi connectivity index (χ3v) is 3.77. The fraction of sp³-hybridized carbons (Fsp3) is 0.556. The van der Waals surface area contributed by atoms with Crippen LogP contribution < -0.4 is 0 Å². The lowest BCUT2D eigenvalue weighted by Crippen LogP contribution is -2.46. The van der Waals surface area contributed by atoms with Gasteiger partial charge in [-0.2, -0.15) is 0 Å². The summed E-state index contributed by atoms with van der Waals surface area (Å²) in [5.41, 5.74) is -1.05. The first-order valence-electron chi connectivity index (χ1n) is 5.36. The van der Waals surface area contributed by atoms with Crippen LogP contribution in [0.5, 0.6) is 0 Å². The maximum atomic E-state index is 10.9. The zero-order valence-corrected chi connectivity index (χ0v) is 13.0. The normalized spacial score (nSPS) is 33.5. The third kappa shape index (κ3) is 3.82. The lowest BCUT2D eigenvalue weighted by Gasteiger charge is -2.39. The Labute approximate surface area is 120 Å². The molecule has 0 aliphatic carbocycles. The van der Waals surface area contributed by atoms with E-state index in [1.165, 1.54) is 12.2 Å². The minimum Gasteiger partial charge on any atom is -0.429 e. The number of aliphatic hydroxyl groups excluding tert-OH is 1. The molecule has 6 nitrogen and oxygen atoms in total. The summed E-state index contributed by atoms with van der Waals surface area (Å²) in [6.45, 7) is 1.80. The van der Waals surface area contributed by atoms with Gasteiger partial charge in [-0.3, -0.25) is 4.57 Å². The monoisotopic (exact) mass is 388 g/mol. The van der Waals surface area contributed by atoms with Gasteiger partial charge in [-0.15, -0.1) is 0 Å². The van der Waals surface area contributed by atoms with Gasteiger partial charge >= 0.3 is 7.60 Å². The highest BCUT2D eigenvalue weighted by Gasteiger charge is 2.40. The standard InChI is InChI=1S/C9H15BIO6P/c1-2-9(3-4-18(13,14)15)7(17-11)5-6(12)8(10)16-9/h3-6,8,12H,2,10H2,1H3,(H2,13,14,15)/b4-3+/t6-,8?,9-/m1/s1. The number of hydrogen-bond acceptors (Lipinski definition) is 4. The van der Waals surface area contributed by atoms with E-state index in [0.29, 0.717) is 12.2 Å². The van der Waals surface area contributed by atoms with Crippen molar-refractivity contribution in [2.45, 2.75) is 31.1 Å². The van der Waals surface area contributed by atoms with Crippen LogP contribution in [0.15, 0.2) is 23.7 Å². The predicted molar refractivity (Wildman–Crippen MR) is 76.8 cm³/mol. The second kappa shape index (κ2) is 6.07. The highest BCUT2D eigenvalue weighted by molar-refractivity contribution is 14.1. The van der Waals surface area contributed by atoms with Crippen molar-refractivity contribution in [3.8, 4) is 0 Å². The molecule has 1 aliphatic heterocycles. The first-order chi connectivity index (χ1) is 8.24. The smallest absolute Gasteiger partial charge is 0.348 e. The van der Waals surface area contributed by atoms with E-state index >= 15 is 0 Å². The molecule has 0 saturated carbocycles. The van der Waals surface area contributed by atoms with Crippen molar-refractivity contribution < 1.29 is 27.3 Å². The Bertz CT molecular complexity index is 408. The molecular weight excluding hydrogens is 373 g/mol. The molecule has 1 aliphatic rings. The van der Waals surface area contributed by atoms with Crippen molar-refractivity contribution in [2.24, 2.45) is 0 Å². The lowest BCUT2D eigenvalue weighted by molar-refractivity contribution is -0.0739. The van der Waals surface area contributed by atoms with Crippen molar-refractivity contribution >= 4 is 38.4 Å². The van der Waals surface area contributed by atoms with E-state index in [1.54, 1.807) is 37.8 Å². The number of halogens is 1. The van der Waals surface area contributed by atoms with Crippen molar-refractivity contribution in [2.75, 3.05) is 0 Å². The number of hydrogen-bond donors (Lipinski definition) is 3. The molecule has 1 heterocycles. The average molecular weight is 388 g/mol. The van der Waals surface area contributed by atoms with Crippen molar-refractivity contribution in [1.82, 2.24) is 0 Å². The molecule has 0 amide bonds. The molecule has 9 heteroatoms. The summed E-state index contributed by atoms with van der Waals surface area (Å²) in [7, 11) is -2.59. The van der Waals surface area contributed by atoms with E-state index in [-0.39, 0.29) is 0 Å². The van der Waals surface area contributed by atoms with Gasteiger partial charge in [0.1, 0.15) is 19.2 Å². The SMILES string of the molecule is BC1O[C@@](/C=C/P(=O)(O)O)(CC)C(OI)=C[C@H]1O. The molecule has 0 bridgehead atoms. The summed E-state index contributed by atoms with van der Waals surface area (Å²) in [5, 5.41) is 9.67. The van der Waals surface area contributed by atoms with Gasteiger partial charge in [-0.25, -0.2) is 0 Å². The van der Waals surface area contributed by atoms with E-state index in [9.17, 15) is 9.67 Å². The largest absolute Gasteiger partial charge is 0.429 e. The van der Waals surface area contributed by atoms with E-state index in [1.807, 2.05) is 0 Å². The molecule has 0 fully saturated rings.